The Morgan fingerprint density at radius 1 is 1.09 bits per heavy atom. The molecular weight excluding hydrogens is 272 g/mol. The van der Waals surface area contributed by atoms with Gasteiger partial charge < -0.3 is 5.32 Å². The van der Waals surface area contributed by atoms with Crippen LogP contribution in [-0.2, 0) is 11.2 Å². The molecule has 0 aliphatic carbocycles. The maximum atomic E-state index is 12.3. The SMILES string of the molecule is Cc1ccc(C)c(CC(=O)Nc2ccc3ncccc3c2)c1. The van der Waals surface area contributed by atoms with Gasteiger partial charge in [0.2, 0.25) is 5.91 Å². The minimum absolute atomic E-state index is 0.00283. The lowest BCUT2D eigenvalue weighted by Crippen LogP contribution is -2.15. The van der Waals surface area contributed by atoms with E-state index in [4.69, 9.17) is 0 Å². The number of hydrogen-bond acceptors (Lipinski definition) is 2. The summed E-state index contributed by atoms with van der Waals surface area (Å²) >= 11 is 0. The van der Waals surface area contributed by atoms with Crippen LogP contribution in [0.25, 0.3) is 10.9 Å². The van der Waals surface area contributed by atoms with Crippen LogP contribution in [0, 0.1) is 13.8 Å². The maximum Gasteiger partial charge on any atom is 0.228 e. The number of aromatic nitrogens is 1. The molecule has 0 bridgehead atoms. The monoisotopic (exact) mass is 290 g/mol. The van der Waals surface area contributed by atoms with Gasteiger partial charge in [-0.05, 0) is 49.2 Å². The van der Waals surface area contributed by atoms with Crippen molar-refractivity contribution in [3.05, 3.63) is 71.4 Å². The first-order chi connectivity index (χ1) is 10.6. The van der Waals surface area contributed by atoms with Crippen LogP contribution in [0.3, 0.4) is 0 Å². The molecule has 110 valence electrons. The Morgan fingerprint density at radius 2 is 1.95 bits per heavy atom. The summed E-state index contributed by atoms with van der Waals surface area (Å²) in [5, 5.41) is 3.98. The predicted octanol–water partition coefficient (Wildman–Crippen LogP) is 4.03. The normalized spacial score (nSPS) is 10.6. The number of nitrogens with one attached hydrogen (secondary N) is 1. The predicted molar refractivity (Wildman–Crippen MR) is 90.0 cm³/mol. The van der Waals surface area contributed by atoms with E-state index in [2.05, 4.69) is 28.5 Å². The fourth-order valence-electron chi connectivity index (χ4n) is 2.52. The van der Waals surface area contributed by atoms with Gasteiger partial charge >= 0.3 is 0 Å². The highest BCUT2D eigenvalue weighted by Gasteiger charge is 2.07. The van der Waals surface area contributed by atoms with E-state index in [1.54, 1.807) is 6.20 Å². The van der Waals surface area contributed by atoms with Gasteiger partial charge in [-0.25, -0.2) is 0 Å². The molecule has 0 atom stereocenters. The van der Waals surface area contributed by atoms with E-state index in [0.717, 1.165) is 27.7 Å². The summed E-state index contributed by atoms with van der Waals surface area (Å²) in [6.45, 7) is 4.07. The molecule has 0 radical (unpaired) electrons. The second kappa shape index (κ2) is 5.98. The molecule has 3 aromatic rings. The minimum atomic E-state index is -0.00283. The van der Waals surface area contributed by atoms with Crippen molar-refractivity contribution in [2.24, 2.45) is 0 Å². The molecule has 0 aliphatic rings. The summed E-state index contributed by atoms with van der Waals surface area (Å²) in [4.78, 5) is 16.5. The summed E-state index contributed by atoms with van der Waals surface area (Å²) in [5.41, 5.74) is 5.11. The molecule has 3 nitrogen and oxygen atoms in total. The number of benzene rings is 2. The highest BCUT2D eigenvalue weighted by molar-refractivity contribution is 5.94. The number of aryl methyl sites for hydroxylation is 2. The zero-order chi connectivity index (χ0) is 15.5. The van der Waals surface area contributed by atoms with Gasteiger partial charge in [-0.3, -0.25) is 9.78 Å². The van der Waals surface area contributed by atoms with Gasteiger partial charge in [-0.15, -0.1) is 0 Å². The number of rotatable bonds is 3. The first kappa shape index (κ1) is 14.3. The largest absolute Gasteiger partial charge is 0.326 e. The number of fused-ring (bicyclic) bond motifs is 1. The van der Waals surface area contributed by atoms with Crippen molar-refractivity contribution >= 4 is 22.5 Å². The second-order valence-electron chi connectivity index (χ2n) is 5.57. The summed E-state index contributed by atoms with van der Waals surface area (Å²) in [6, 6.07) is 15.8. The third kappa shape index (κ3) is 3.14. The molecule has 22 heavy (non-hydrogen) atoms. The van der Waals surface area contributed by atoms with Crippen LogP contribution in [0.2, 0.25) is 0 Å². The molecule has 1 heterocycles. The molecule has 2 aromatic carbocycles. The Bertz CT molecular complexity index is 840. The number of pyridine rings is 1. The molecule has 0 unspecified atom stereocenters. The van der Waals surface area contributed by atoms with Crippen molar-refractivity contribution in [3.63, 3.8) is 0 Å². The summed E-state index contributed by atoms with van der Waals surface area (Å²) in [5.74, 6) is -0.00283. The lowest BCUT2D eigenvalue weighted by Gasteiger charge is -2.09. The van der Waals surface area contributed by atoms with Crippen LogP contribution in [0.4, 0.5) is 5.69 Å². The minimum Gasteiger partial charge on any atom is -0.326 e. The zero-order valence-electron chi connectivity index (χ0n) is 12.8. The van der Waals surface area contributed by atoms with Crippen LogP contribution in [-0.4, -0.2) is 10.9 Å². The van der Waals surface area contributed by atoms with E-state index in [1.807, 2.05) is 44.2 Å². The van der Waals surface area contributed by atoms with Crippen molar-refractivity contribution < 1.29 is 4.79 Å². The van der Waals surface area contributed by atoms with Crippen LogP contribution in [0.15, 0.2) is 54.7 Å². The Hall–Kier alpha value is -2.68. The van der Waals surface area contributed by atoms with E-state index < -0.39 is 0 Å². The molecule has 0 spiro atoms. The molecule has 3 heteroatoms. The third-order valence-electron chi connectivity index (χ3n) is 3.74. The Kier molecular flexibility index (Phi) is 3.88. The molecule has 1 amide bonds. The quantitative estimate of drug-likeness (QED) is 0.791. The molecule has 3 rings (SSSR count). The smallest absolute Gasteiger partial charge is 0.228 e. The van der Waals surface area contributed by atoms with E-state index in [0.29, 0.717) is 6.42 Å². The number of nitrogens with zero attached hydrogens (tertiary/aromatic N) is 1. The average Bonchev–Trinajstić information content (AvgIpc) is 2.51. The van der Waals surface area contributed by atoms with E-state index in [1.165, 1.54) is 5.56 Å². The fraction of sp³-hybridized carbons (Fsp3) is 0.158. The van der Waals surface area contributed by atoms with Crippen molar-refractivity contribution in [1.82, 2.24) is 4.98 Å². The Balaban J connectivity index is 1.76. The van der Waals surface area contributed by atoms with Gasteiger partial charge in [-0.1, -0.05) is 29.8 Å². The third-order valence-corrected chi connectivity index (χ3v) is 3.74. The van der Waals surface area contributed by atoms with Crippen LogP contribution >= 0.6 is 0 Å². The maximum absolute atomic E-state index is 12.3. The van der Waals surface area contributed by atoms with Crippen LogP contribution in [0.5, 0.6) is 0 Å². The van der Waals surface area contributed by atoms with Gasteiger partial charge in [0.1, 0.15) is 0 Å². The van der Waals surface area contributed by atoms with E-state index in [9.17, 15) is 4.79 Å². The zero-order valence-corrected chi connectivity index (χ0v) is 12.8. The average molecular weight is 290 g/mol. The molecular formula is C19H18N2O. The van der Waals surface area contributed by atoms with Gasteiger partial charge in [0.15, 0.2) is 0 Å². The van der Waals surface area contributed by atoms with Crippen molar-refractivity contribution in [2.75, 3.05) is 5.32 Å². The lowest BCUT2D eigenvalue weighted by molar-refractivity contribution is -0.115. The number of carbonyl (C=O) groups is 1. The van der Waals surface area contributed by atoms with Crippen molar-refractivity contribution in [2.45, 2.75) is 20.3 Å². The summed E-state index contributed by atoms with van der Waals surface area (Å²) in [7, 11) is 0. The highest BCUT2D eigenvalue weighted by Crippen LogP contribution is 2.18. The molecule has 1 N–H and O–H groups in total. The lowest BCUT2D eigenvalue weighted by atomic mass is 10.0. The summed E-state index contributed by atoms with van der Waals surface area (Å²) < 4.78 is 0. The number of amides is 1. The highest BCUT2D eigenvalue weighted by atomic mass is 16.1. The van der Waals surface area contributed by atoms with Crippen LogP contribution < -0.4 is 5.32 Å². The van der Waals surface area contributed by atoms with Gasteiger partial charge in [0, 0.05) is 17.3 Å². The van der Waals surface area contributed by atoms with Gasteiger partial charge in [0.25, 0.3) is 0 Å². The van der Waals surface area contributed by atoms with Crippen molar-refractivity contribution in [1.29, 1.82) is 0 Å². The van der Waals surface area contributed by atoms with Gasteiger partial charge in [0.05, 0.1) is 11.9 Å². The molecule has 0 saturated heterocycles. The molecule has 0 fully saturated rings. The first-order valence-corrected chi connectivity index (χ1v) is 7.32. The summed E-state index contributed by atoms with van der Waals surface area (Å²) in [6.07, 6.45) is 2.15. The molecule has 0 saturated carbocycles. The Morgan fingerprint density at radius 3 is 2.82 bits per heavy atom. The number of hydrogen-bond donors (Lipinski definition) is 1. The first-order valence-electron chi connectivity index (χ1n) is 7.32. The topological polar surface area (TPSA) is 42.0 Å². The van der Waals surface area contributed by atoms with Crippen molar-refractivity contribution in [3.8, 4) is 0 Å². The van der Waals surface area contributed by atoms with Crippen LogP contribution in [0.1, 0.15) is 16.7 Å². The Labute approximate surface area is 130 Å². The van der Waals surface area contributed by atoms with E-state index in [-0.39, 0.29) is 5.91 Å². The van der Waals surface area contributed by atoms with E-state index >= 15 is 0 Å². The fourth-order valence-corrected chi connectivity index (χ4v) is 2.52. The molecule has 0 aliphatic heterocycles. The van der Waals surface area contributed by atoms with Gasteiger partial charge in [-0.2, -0.15) is 0 Å². The molecule has 1 aromatic heterocycles. The second-order valence-corrected chi connectivity index (χ2v) is 5.57. The number of anilines is 1. The number of carbonyl (C=O) groups excluding carboxylic acids is 1. The standard InChI is InChI=1S/C19H18N2O/c1-13-5-6-14(2)16(10-13)12-19(22)21-17-7-8-18-15(11-17)4-3-9-20-18/h3-11H,12H2,1-2H3,(H,21,22).